The van der Waals surface area contributed by atoms with Gasteiger partial charge in [-0.3, -0.25) is 9.59 Å². The number of carbonyl (C=O) groups excluding carboxylic acids is 3. The van der Waals surface area contributed by atoms with Crippen LogP contribution in [-0.2, 0) is 14.3 Å². The second-order valence-electron chi connectivity index (χ2n) is 8.31. The Balaban J connectivity index is 1.37. The van der Waals surface area contributed by atoms with Gasteiger partial charge in [-0.25, -0.2) is 9.48 Å². The molecule has 0 saturated carbocycles. The van der Waals surface area contributed by atoms with Crippen molar-refractivity contribution in [1.29, 1.82) is 0 Å². The summed E-state index contributed by atoms with van der Waals surface area (Å²) in [6.45, 7) is 5.05. The van der Waals surface area contributed by atoms with Crippen molar-refractivity contribution < 1.29 is 19.1 Å². The molecule has 2 aromatic carbocycles. The minimum atomic E-state index is -0.695. The summed E-state index contributed by atoms with van der Waals surface area (Å²) in [5, 5.41) is 11.8. The number of aryl methyl sites for hydroxylation is 3. The van der Waals surface area contributed by atoms with E-state index in [4.69, 9.17) is 4.74 Å². The van der Waals surface area contributed by atoms with Crippen molar-refractivity contribution in [2.24, 2.45) is 0 Å². The van der Waals surface area contributed by atoms with Crippen LogP contribution in [0, 0.1) is 20.8 Å². The van der Waals surface area contributed by atoms with Gasteiger partial charge in [0.15, 0.2) is 12.3 Å². The van der Waals surface area contributed by atoms with Crippen LogP contribution in [0.15, 0.2) is 66.0 Å². The molecule has 2 aromatic heterocycles. The number of aromatic nitrogens is 2. The Hall–Kier alpha value is -4.24. The number of rotatable bonds is 8. The van der Waals surface area contributed by atoms with Crippen LogP contribution >= 0.6 is 11.3 Å². The number of thiophene rings is 1. The molecular formula is C27H26N4O4S. The standard InChI is InChI=1S/C27H26N4O4S/c1-17-12-18(2)26(19(3)13-17)29-24(32)15-28-25(33)16-35-27(34)22-14-21(23-10-7-11-36-23)30-31(22)20-8-5-4-6-9-20/h4-14H,15-16H2,1-3H3,(H,28,33)(H,29,32). The van der Waals surface area contributed by atoms with Crippen molar-refractivity contribution in [1.82, 2.24) is 15.1 Å². The maximum atomic E-state index is 12.9. The van der Waals surface area contributed by atoms with Crippen LogP contribution in [0.2, 0.25) is 0 Å². The zero-order chi connectivity index (χ0) is 25.7. The summed E-state index contributed by atoms with van der Waals surface area (Å²) in [6, 6.07) is 18.6. The summed E-state index contributed by atoms with van der Waals surface area (Å²) < 4.78 is 6.74. The monoisotopic (exact) mass is 502 g/mol. The Morgan fingerprint density at radius 1 is 0.944 bits per heavy atom. The van der Waals surface area contributed by atoms with Crippen molar-refractivity contribution in [3.8, 4) is 16.3 Å². The third-order valence-corrected chi connectivity index (χ3v) is 6.31. The highest BCUT2D eigenvalue weighted by atomic mass is 32.1. The lowest BCUT2D eigenvalue weighted by molar-refractivity contribution is -0.126. The predicted molar refractivity (Wildman–Crippen MR) is 139 cm³/mol. The van der Waals surface area contributed by atoms with Crippen molar-refractivity contribution >= 4 is 34.8 Å². The van der Waals surface area contributed by atoms with Gasteiger partial charge in [0, 0.05) is 11.8 Å². The minimum Gasteiger partial charge on any atom is -0.451 e. The Kier molecular flexibility index (Phi) is 7.60. The van der Waals surface area contributed by atoms with Gasteiger partial charge in [0.05, 0.1) is 17.1 Å². The molecule has 0 fully saturated rings. The van der Waals surface area contributed by atoms with Gasteiger partial charge in [-0.1, -0.05) is 42.0 Å². The van der Waals surface area contributed by atoms with Gasteiger partial charge < -0.3 is 15.4 Å². The number of nitrogens with zero attached hydrogens (tertiary/aromatic N) is 2. The fourth-order valence-electron chi connectivity index (χ4n) is 3.83. The molecule has 0 unspecified atom stereocenters. The van der Waals surface area contributed by atoms with Crippen LogP contribution in [0.4, 0.5) is 5.69 Å². The molecule has 2 heterocycles. The lowest BCUT2D eigenvalue weighted by Crippen LogP contribution is -2.36. The summed E-state index contributed by atoms with van der Waals surface area (Å²) in [5.41, 5.74) is 5.23. The molecule has 36 heavy (non-hydrogen) atoms. The quantitative estimate of drug-likeness (QED) is 0.347. The minimum absolute atomic E-state index is 0.195. The largest absolute Gasteiger partial charge is 0.451 e. The Morgan fingerprint density at radius 3 is 2.33 bits per heavy atom. The second-order valence-corrected chi connectivity index (χ2v) is 9.26. The summed E-state index contributed by atoms with van der Waals surface area (Å²) in [6.07, 6.45) is 0. The highest BCUT2D eigenvalue weighted by molar-refractivity contribution is 7.13. The summed E-state index contributed by atoms with van der Waals surface area (Å²) >= 11 is 1.51. The van der Waals surface area contributed by atoms with Crippen LogP contribution < -0.4 is 10.6 Å². The van der Waals surface area contributed by atoms with E-state index >= 15 is 0 Å². The highest BCUT2D eigenvalue weighted by Gasteiger charge is 2.20. The highest BCUT2D eigenvalue weighted by Crippen LogP contribution is 2.26. The lowest BCUT2D eigenvalue weighted by atomic mass is 10.1. The fraction of sp³-hybridized carbons (Fsp3) is 0.185. The number of benzene rings is 2. The van der Waals surface area contributed by atoms with Gasteiger partial charge in [-0.05, 0) is 55.5 Å². The first-order valence-corrected chi connectivity index (χ1v) is 12.2. The number of anilines is 1. The number of para-hydroxylation sites is 1. The molecule has 184 valence electrons. The summed E-state index contributed by atoms with van der Waals surface area (Å²) in [4.78, 5) is 38.4. The van der Waals surface area contributed by atoms with E-state index in [9.17, 15) is 14.4 Å². The van der Waals surface area contributed by atoms with E-state index in [1.54, 1.807) is 6.07 Å². The molecule has 0 saturated heterocycles. The zero-order valence-electron chi connectivity index (χ0n) is 20.2. The number of nitrogens with one attached hydrogen (secondary N) is 2. The first-order chi connectivity index (χ1) is 17.3. The molecule has 0 aliphatic heterocycles. The summed E-state index contributed by atoms with van der Waals surface area (Å²) in [7, 11) is 0. The van der Waals surface area contributed by atoms with E-state index in [0.717, 1.165) is 27.3 Å². The van der Waals surface area contributed by atoms with E-state index in [2.05, 4.69) is 15.7 Å². The number of amides is 2. The molecule has 0 spiro atoms. The SMILES string of the molecule is Cc1cc(C)c(NC(=O)CNC(=O)COC(=O)c2cc(-c3cccs3)nn2-c2ccccc2)c(C)c1. The molecule has 4 aromatic rings. The van der Waals surface area contributed by atoms with Gasteiger partial charge in [-0.2, -0.15) is 5.10 Å². The normalized spacial score (nSPS) is 10.6. The predicted octanol–water partition coefficient (Wildman–Crippen LogP) is 4.44. The number of ether oxygens (including phenoxy) is 1. The molecular weight excluding hydrogens is 476 g/mol. The number of carbonyl (C=O) groups is 3. The molecule has 2 N–H and O–H groups in total. The molecule has 4 rings (SSSR count). The Morgan fingerprint density at radius 2 is 1.67 bits per heavy atom. The first-order valence-electron chi connectivity index (χ1n) is 11.3. The molecule has 0 aliphatic carbocycles. The maximum absolute atomic E-state index is 12.9. The number of esters is 1. The Bertz CT molecular complexity index is 1370. The van der Waals surface area contributed by atoms with E-state index in [1.807, 2.05) is 80.7 Å². The third kappa shape index (κ3) is 5.87. The molecule has 0 aliphatic rings. The molecule has 8 nitrogen and oxygen atoms in total. The number of hydrogen-bond donors (Lipinski definition) is 2. The van der Waals surface area contributed by atoms with E-state index in [1.165, 1.54) is 16.0 Å². The van der Waals surface area contributed by atoms with Crippen LogP contribution in [0.1, 0.15) is 27.2 Å². The van der Waals surface area contributed by atoms with Gasteiger partial charge in [0.2, 0.25) is 5.91 Å². The van der Waals surface area contributed by atoms with Crippen molar-refractivity contribution in [2.75, 3.05) is 18.5 Å². The van der Waals surface area contributed by atoms with Crippen LogP contribution in [-0.4, -0.2) is 40.7 Å². The lowest BCUT2D eigenvalue weighted by Gasteiger charge is -2.13. The van der Waals surface area contributed by atoms with Gasteiger partial charge >= 0.3 is 5.97 Å². The summed E-state index contributed by atoms with van der Waals surface area (Å²) in [5.74, 6) is -1.65. The Labute approximate surface area is 212 Å². The van der Waals surface area contributed by atoms with Crippen molar-refractivity contribution in [2.45, 2.75) is 20.8 Å². The fourth-order valence-corrected chi connectivity index (χ4v) is 4.51. The molecule has 0 bridgehead atoms. The van der Waals surface area contributed by atoms with E-state index < -0.39 is 18.5 Å². The zero-order valence-corrected chi connectivity index (χ0v) is 21.0. The van der Waals surface area contributed by atoms with Gasteiger partial charge in [-0.15, -0.1) is 11.3 Å². The smallest absolute Gasteiger partial charge is 0.357 e. The topological polar surface area (TPSA) is 102 Å². The molecule has 0 radical (unpaired) electrons. The van der Waals surface area contributed by atoms with E-state index in [0.29, 0.717) is 11.4 Å². The first kappa shape index (κ1) is 24.9. The second kappa shape index (κ2) is 11.0. The van der Waals surface area contributed by atoms with Crippen molar-refractivity contribution in [3.05, 3.63) is 88.4 Å². The maximum Gasteiger partial charge on any atom is 0.357 e. The number of hydrogen-bond acceptors (Lipinski definition) is 6. The van der Waals surface area contributed by atoms with Crippen molar-refractivity contribution in [3.63, 3.8) is 0 Å². The molecule has 0 atom stereocenters. The molecule has 2 amide bonds. The van der Waals surface area contributed by atoms with Crippen LogP contribution in [0.25, 0.3) is 16.3 Å². The van der Waals surface area contributed by atoms with Crippen LogP contribution in [0.3, 0.4) is 0 Å². The van der Waals surface area contributed by atoms with Crippen LogP contribution in [0.5, 0.6) is 0 Å². The third-order valence-electron chi connectivity index (χ3n) is 5.41. The van der Waals surface area contributed by atoms with Gasteiger partial charge in [0.25, 0.3) is 5.91 Å². The molecule has 9 heteroatoms. The van der Waals surface area contributed by atoms with E-state index in [-0.39, 0.29) is 18.1 Å². The average Bonchev–Trinajstić information content (AvgIpc) is 3.54. The van der Waals surface area contributed by atoms with Gasteiger partial charge in [0.1, 0.15) is 5.69 Å². The average molecular weight is 503 g/mol.